The van der Waals surface area contributed by atoms with Crippen molar-refractivity contribution in [1.82, 2.24) is 5.32 Å². The summed E-state index contributed by atoms with van der Waals surface area (Å²) < 4.78 is 5.54. The van der Waals surface area contributed by atoms with Gasteiger partial charge in [-0.15, -0.1) is 0 Å². The lowest BCUT2D eigenvalue weighted by atomic mass is 10.2. The second-order valence-electron chi connectivity index (χ2n) is 4.27. The Morgan fingerprint density at radius 1 is 1.29 bits per heavy atom. The average molecular weight is 235 g/mol. The number of rotatable bonds is 6. The van der Waals surface area contributed by atoms with Gasteiger partial charge >= 0.3 is 0 Å². The summed E-state index contributed by atoms with van der Waals surface area (Å²) in [6.45, 7) is 5.88. The quantitative estimate of drug-likeness (QED) is 0.823. The fourth-order valence-electron chi connectivity index (χ4n) is 1.62. The Hall–Kier alpha value is -1.51. The van der Waals surface area contributed by atoms with Crippen LogP contribution in [0, 0.1) is 0 Å². The predicted octanol–water partition coefficient (Wildman–Crippen LogP) is 2.76. The average Bonchev–Trinajstić information content (AvgIpc) is 2.30. The SMILES string of the molecule is CCC[C@H](C)NC(=O)[C@@H](C)Oc1ccccc1. The zero-order chi connectivity index (χ0) is 12.7. The fraction of sp³-hybridized carbons (Fsp3) is 0.500. The number of para-hydroxylation sites is 1. The van der Waals surface area contributed by atoms with Crippen molar-refractivity contribution in [1.29, 1.82) is 0 Å². The molecular weight excluding hydrogens is 214 g/mol. The molecule has 2 atom stereocenters. The van der Waals surface area contributed by atoms with Gasteiger partial charge in [0.25, 0.3) is 5.91 Å². The molecule has 1 N–H and O–H groups in total. The number of benzene rings is 1. The maximum Gasteiger partial charge on any atom is 0.260 e. The number of carbonyl (C=O) groups excluding carboxylic acids is 1. The van der Waals surface area contributed by atoms with Crippen molar-refractivity contribution in [2.45, 2.75) is 45.8 Å². The van der Waals surface area contributed by atoms with Crippen molar-refractivity contribution in [3.8, 4) is 5.75 Å². The van der Waals surface area contributed by atoms with Crippen LogP contribution < -0.4 is 10.1 Å². The van der Waals surface area contributed by atoms with Gasteiger partial charge in [-0.05, 0) is 32.4 Å². The third kappa shape index (κ3) is 4.89. The lowest BCUT2D eigenvalue weighted by molar-refractivity contribution is -0.127. The molecule has 0 fully saturated rings. The first-order valence-corrected chi connectivity index (χ1v) is 6.15. The summed E-state index contributed by atoms with van der Waals surface area (Å²) in [5.41, 5.74) is 0. The molecule has 1 amide bonds. The topological polar surface area (TPSA) is 38.3 Å². The van der Waals surface area contributed by atoms with Crippen LogP contribution in [0.3, 0.4) is 0 Å². The lowest BCUT2D eigenvalue weighted by Crippen LogP contribution is -2.41. The van der Waals surface area contributed by atoms with E-state index in [2.05, 4.69) is 12.2 Å². The van der Waals surface area contributed by atoms with Crippen LogP contribution in [-0.2, 0) is 4.79 Å². The smallest absolute Gasteiger partial charge is 0.260 e. The van der Waals surface area contributed by atoms with Gasteiger partial charge in [0.1, 0.15) is 5.75 Å². The highest BCUT2D eigenvalue weighted by atomic mass is 16.5. The summed E-state index contributed by atoms with van der Waals surface area (Å²) in [6.07, 6.45) is 1.59. The molecule has 1 rings (SSSR count). The molecule has 0 saturated carbocycles. The van der Waals surface area contributed by atoms with Gasteiger partial charge in [0.05, 0.1) is 0 Å². The minimum absolute atomic E-state index is 0.0604. The molecule has 0 unspecified atom stereocenters. The molecule has 0 bridgehead atoms. The van der Waals surface area contributed by atoms with Crippen LogP contribution in [0.1, 0.15) is 33.6 Å². The van der Waals surface area contributed by atoms with Crippen molar-refractivity contribution < 1.29 is 9.53 Å². The molecule has 17 heavy (non-hydrogen) atoms. The van der Waals surface area contributed by atoms with E-state index in [1.807, 2.05) is 37.3 Å². The molecule has 0 saturated heterocycles. The van der Waals surface area contributed by atoms with Crippen LogP contribution in [0.2, 0.25) is 0 Å². The highest BCUT2D eigenvalue weighted by molar-refractivity contribution is 5.80. The van der Waals surface area contributed by atoms with Gasteiger partial charge in [-0.3, -0.25) is 4.79 Å². The van der Waals surface area contributed by atoms with E-state index in [4.69, 9.17) is 4.74 Å². The van der Waals surface area contributed by atoms with Crippen molar-refractivity contribution in [3.05, 3.63) is 30.3 Å². The van der Waals surface area contributed by atoms with Gasteiger partial charge in [0, 0.05) is 6.04 Å². The fourth-order valence-corrected chi connectivity index (χ4v) is 1.62. The van der Waals surface area contributed by atoms with E-state index in [0.29, 0.717) is 0 Å². The van der Waals surface area contributed by atoms with E-state index in [0.717, 1.165) is 18.6 Å². The zero-order valence-electron chi connectivity index (χ0n) is 10.8. The van der Waals surface area contributed by atoms with Crippen molar-refractivity contribution in [2.24, 2.45) is 0 Å². The van der Waals surface area contributed by atoms with Gasteiger partial charge in [-0.1, -0.05) is 31.5 Å². The summed E-state index contributed by atoms with van der Waals surface area (Å²) in [7, 11) is 0. The Kier molecular flexibility index (Phi) is 5.53. The third-order valence-electron chi connectivity index (χ3n) is 2.54. The Balaban J connectivity index is 2.42. The molecular formula is C14H21NO2. The van der Waals surface area contributed by atoms with Crippen LogP contribution in [0.25, 0.3) is 0 Å². The van der Waals surface area contributed by atoms with Crippen molar-refractivity contribution in [3.63, 3.8) is 0 Å². The van der Waals surface area contributed by atoms with Gasteiger partial charge in [-0.2, -0.15) is 0 Å². The highest BCUT2D eigenvalue weighted by Gasteiger charge is 2.16. The van der Waals surface area contributed by atoms with Crippen LogP contribution in [0.15, 0.2) is 30.3 Å². The number of hydrogen-bond donors (Lipinski definition) is 1. The molecule has 3 nitrogen and oxygen atoms in total. The molecule has 0 radical (unpaired) electrons. The zero-order valence-corrected chi connectivity index (χ0v) is 10.8. The summed E-state index contributed by atoms with van der Waals surface area (Å²) in [6, 6.07) is 9.59. The molecule has 0 aliphatic heterocycles. The van der Waals surface area contributed by atoms with E-state index in [9.17, 15) is 4.79 Å². The summed E-state index contributed by atoms with van der Waals surface area (Å²) in [5, 5.41) is 2.94. The van der Waals surface area contributed by atoms with Crippen molar-refractivity contribution in [2.75, 3.05) is 0 Å². The molecule has 3 heteroatoms. The maximum absolute atomic E-state index is 11.8. The molecule has 0 spiro atoms. The summed E-state index contributed by atoms with van der Waals surface area (Å²) in [5.74, 6) is 0.660. The predicted molar refractivity (Wildman–Crippen MR) is 69.0 cm³/mol. The van der Waals surface area contributed by atoms with E-state index in [1.165, 1.54) is 0 Å². The van der Waals surface area contributed by atoms with Crippen LogP contribution >= 0.6 is 0 Å². The Morgan fingerprint density at radius 3 is 2.53 bits per heavy atom. The monoisotopic (exact) mass is 235 g/mol. The number of ether oxygens (including phenoxy) is 1. The van der Waals surface area contributed by atoms with Gasteiger partial charge < -0.3 is 10.1 Å². The standard InChI is InChI=1S/C14H21NO2/c1-4-8-11(2)15-14(16)12(3)17-13-9-6-5-7-10-13/h5-7,9-12H,4,8H2,1-3H3,(H,15,16)/t11-,12+/m0/s1. The normalized spacial score (nSPS) is 13.8. The van der Waals surface area contributed by atoms with E-state index in [1.54, 1.807) is 6.92 Å². The minimum Gasteiger partial charge on any atom is -0.481 e. The second kappa shape index (κ2) is 6.94. The number of carbonyl (C=O) groups is 1. The Labute approximate surface area is 103 Å². The number of nitrogens with one attached hydrogen (secondary N) is 1. The van der Waals surface area contributed by atoms with Crippen LogP contribution in [-0.4, -0.2) is 18.1 Å². The first-order chi connectivity index (χ1) is 8.13. The van der Waals surface area contributed by atoms with Crippen LogP contribution in [0.5, 0.6) is 5.75 Å². The highest BCUT2D eigenvalue weighted by Crippen LogP contribution is 2.10. The van der Waals surface area contributed by atoms with E-state index >= 15 is 0 Å². The Bertz CT molecular complexity index is 337. The molecule has 0 heterocycles. The molecule has 1 aromatic carbocycles. The number of hydrogen-bond acceptors (Lipinski definition) is 2. The summed E-state index contributed by atoms with van der Waals surface area (Å²) >= 11 is 0. The maximum atomic E-state index is 11.8. The molecule has 94 valence electrons. The number of amides is 1. The first-order valence-electron chi connectivity index (χ1n) is 6.15. The Morgan fingerprint density at radius 2 is 1.94 bits per heavy atom. The molecule has 1 aromatic rings. The van der Waals surface area contributed by atoms with E-state index in [-0.39, 0.29) is 11.9 Å². The first kappa shape index (κ1) is 13.6. The van der Waals surface area contributed by atoms with Gasteiger partial charge in [-0.25, -0.2) is 0 Å². The van der Waals surface area contributed by atoms with Gasteiger partial charge in [0.2, 0.25) is 0 Å². The minimum atomic E-state index is -0.461. The third-order valence-corrected chi connectivity index (χ3v) is 2.54. The molecule has 0 aromatic heterocycles. The molecule has 0 aliphatic rings. The molecule has 0 aliphatic carbocycles. The van der Waals surface area contributed by atoms with Crippen LogP contribution in [0.4, 0.5) is 0 Å². The summed E-state index contributed by atoms with van der Waals surface area (Å²) in [4.78, 5) is 11.8. The van der Waals surface area contributed by atoms with Gasteiger partial charge in [0.15, 0.2) is 6.10 Å². The van der Waals surface area contributed by atoms with E-state index < -0.39 is 6.10 Å². The second-order valence-corrected chi connectivity index (χ2v) is 4.27. The van der Waals surface area contributed by atoms with Crippen molar-refractivity contribution >= 4 is 5.91 Å². The largest absolute Gasteiger partial charge is 0.481 e. The lowest BCUT2D eigenvalue weighted by Gasteiger charge is -2.18.